The van der Waals surface area contributed by atoms with Crippen LogP contribution in [0.4, 0.5) is 11.4 Å². The minimum Gasteiger partial charge on any atom is -0.495 e. The van der Waals surface area contributed by atoms with E-state index in [9.17, 15) is 14.4 Å². The molecule has 50 heavy (non-hydrogen) atoms. The molecule has 0 saturated heterocycles. The molecular formula is C41H40BrN3O5. The first-order valence-corrected chi connectivity index (χ1v) is 17.4. The number of benzene rings is 4. The first-order valence-electron chi connectivity index (χ1n) is 16.6. The summed E-state index contributed by atoms with van der Waals surface area (Å²) in [6.45, 7) is 2.91. The van der Waals surface area contributed by atoms with Crippen LogP contribution in [0.5, 0.6) is 11.5 Å². The number of fused-ring (bicyclic) bond motifs is 2. The number of rotatable bonds is 7. The summed E-state index contributed by atoms with van der Waals surface area (Å²) in [5, 5.41) is 0. The standard InChI is InChI=1S/C24H24N2O3.C17H16BrNO2/c1-16-11-20(15-25(2)24(16)28)19-12-18-9-10-22(27)26(23(18)21(13-19)29-3)14-17-7-5-4-6-8-17;1-21-15-10-14(18)9-13-7-8-16(20)19(17(13)15)11-12-5-3-2-4-6-12/h4-8,11-13,15H,9-10,14H2,1-3H3;2-6,9-10H,7-8,11H2,1H3. The largest absolute Gasteiger partial charge is 0.495 e. The molecule has 0 atom stereocenters. The van der Waals surface area contributed by atoms with Gasteiger partial charge in [0.15, 0.2) is 0 Å². The van der Waals surface area contributed by atoms with Gasteiger partial charge in [-0.05, 0) is 83.5 Å². The van der Waals surface area contributed by atoms with E-state index in [-0.39, 0.29) is 17.4 Å². The number of methoxy groups -OCH3 is 2. The van der Waals surface area contributed by atoms with Gasteiger partial charge in [-0.15, -0.1) is 0 Å². The maximum absolute atomic E-state index is 12.7. The Morgan fingerprint density at radius 2 is 1.14 bits per heavy atom. The second-order valence-corrected chi connectivity index (χ2v) is 13.5. The molecule has 1 aromatic heterocycles. The smallest absolute Gasteiger partial charge is 0.253 e. The van der Waals surface area contributed by atoms with Gasteiger partial charge in [0, 0.05) is 36.1 Å². The summed E-state index contributed by atoms with van der Waals surface area (Å²) in [7, 11) is 5.03. The van der Waals surface area contributed by atoms with E-state index in [0.29, 0.717) is 43.7 Å². The van der Waals surface area contributed by atoms with E-state index in [1.165, 1.54) is 0 Å². The third kappa shape index (κ3) is 7.38. The number of carbonyl (C=O) groups is 2. The minimum atomic E-state index is -0.00157. The monoisotopic (exact) mass is 733 g/mol. The van der Waals surface area contributed by atoms with Crippen molar-refractivity contribution in [2.75, 3.05) is 24.0 Å². The molecule has 0 spiro atoms. The summed E-state index contributed by atoms with van der Waals surface area (Å²) in [6.07, 6.45) is 4.29. The molecule has 256 valence electrons. The highest BCUT2D eigenvalue weighted by Crippen LogP contribution is 2.42. The molecule has 0 aliphatic carbocycles. The fourth-order valence-electron chi connectivity index (χ4n) is 6.67. The number of carbonyl (C=O) groups excluding carboxylic acids is 2. The second-order valence-electron chi connectivity index (χ2n) is 12.6. The number of hydrogen-bond donors (Lipinski definition) is 0. The average Bonchev–Trinajstić information content (AvgIpc) is 3.13. The van der Waals surface area contributed by atoms with Crippen LogP contribution in [0.3, 0.4) is 0 Å². The number of pyridine rings is 1. The van der Waals surface area contributed by atoms with Gasteiger partial charge in [-0.1, -0.05) is 76.6 Å². The van der Waals surface area contributed by atoms with Gasteiger partial charge in [-0.2, -0.15) is 0 Å². The highest BCUT2D eigenvalue weighted by Gasteiger charge is 2.29. The van der Waals surface area contributed by atoms with Gasteiger partial charge >= 0.3 is 0 Å². The summed E-state index contributed by atoms with van der Waals surface area (Å²) in [4.78, 5) is 40.8. The number of ether oxygens (including phenoxy) is 2. The zero-order valence-electron chi connectivity index (χ0n) is 28.7. The van der Waals surface area contributed by atoms with E-state index in [0.717, 1.165) is 61.4 Å². The quantitative estimate of drug-likeness (QED) is 0.171. The first kappa shape index (κ1) is 34.7. The molecule has 0 unspecified atom stereocenters. The van der Waals surface area contributed by atoms with Crippen molar-refractivity contribution in [1.82, 2.24) is 4.57 Å². The van der Waals surface area contributed by atoms with Crippen LogP contribution in [0.15, 0.2) is 106 Å². The number of aromatic nitrogens is 1. The summed E-state index contributed by atoms with van der Waals surface area (Å²) < 4.78 is 13.8. The lowest BCUT2D eigenvalue weighted by atomic mass is 9.94. The van der Waals surface area contributed by atoms with Gasteiger partial charge in [0.05, 0.1) is 38.7 Å². The van der Waals surface area contributed by atoms with Crippen LogP contribution in [0.25, 0.3) is 11.1 Å². The van der Waals surface area contributed by atoms with Gasteiger partial charge in [-0.25, -0.2) is 0 Å². The third-order valence-corrected chi connectivity index (χ3v) is 9.59. The molecule has 7 rings (SSSR count). The van der Waals surface area contributed by atoms with Crippen molar-refractivity contribution in [2.24, 2.45) is 7.05 Å². The molecule has 5 aromatic rings. The first-order chi connectivity index (χ1) is 24.2. The number of aryl methyl sites for hydroxylation is 4. The second kappa shape index (κ2) is 15.2. The van der Waals surface area contributed by atoms with E-state index in [2.05, 4.69) is 28.1 Å². The lowest BCUT2D eigenvalue weighted by Crippen LogP contribution is -2.35. The van der Waals surface area contributed by atoms with Gasteiger partial charge in [-0.3, -0.25) is 14.4 Å². The Labute approximate surface area is 301 Å². The summed E-state index contributed by atoms with van der Waals surface area (Å²) >= 11 is 3.50. The van der Waals surface area contributed by atoms with E-state index < -0.39 is 0 Å². The Hall–Kier alpha value is -5.15. The van der Waals surface area contributed by atoms with Crippen LogP contribution in [0.1, 0.15) is 40.7 Å². The topological polar surface area (TPSA) is 81.1 Å². The average molecular weight is 735 g/mol. The zero-order chi connectivity index (χ0) is 35.4. The Morgan fingerprint density at radius 1 is 0.640 bits per heavy atom. The van der Waals surface area contributed by atoms with Gasteiger partial charge < -0.3 is 23.8 Å². The van der Waals surface area contributed by atoms with Crippen LogP contribution in [-0.4, -0.2) is 30.6 Å². The number of halogens is 1. The van der Waals surface area contributed by atoms with E-state index >= 15 is 0 Å². The normalized spacial score (nSPS) is 13.6. The molecule has 0 radical (unpaired) electrons. The van der Waals surface area contributed by atoms with Gasteiger partial charge in [0.1, 0.15) is 11.5 Å². The summed E-state index contributed by atoms with van der Waals surface area (Å²) in [6, 6.07) is 30.0. The van der Waals surface area contributed by atoms with E-state index in [1.54, 1.807) is 25.8 Å². The molecule has 0 fully saturated rings. The fourth-order valence-corrected chi connectivity index (χ4v) is 7.15. The van der Waals surface area contributed by atoms with Gasteiger partial charge in [0.25, 0.3) is 5.56 Å². The Kier molecular flexibility index (Phi) is 10.5. The third-order valence-electron chi connectivity index (χ3n) is 9.13. The molecule has 9 heteroatoms. The lowest BCUT2D eigenvalue weighted by molar-refractivity contribution is -0.119. The predicted octanol–water partition coefficient (Wildman–Crippen LogP) is 7.79. The van der Waals surface area contributed by atoms with Crippen molar-refractivity contribution in [3.05, 3.63) is 140 Å². The lowest BCUT2D eigenvalue weighted by Gasteiger charge is -2.31. The molecule has 4 aromatic carbocycles. The van der Waals surface area contributed by atoms with E-state index in [4.69, 9.17) is 9.47 Å². The van der Waals surface area contributed by atoms with Crippen molar-refractivity contribution in [3.63, 3.8) is 0 Å². The van der Waals surface area contributed by atoms with Crippen LogP contribution < -0.4 is 24.8 Å². The van der Waals surface area contributed by atoms with Crippen LogP contribution in [0, 0.1) is 6.92 Å². The van der Waals surface area contributed by atoms with Crippen molar-refractivity contribution in [2.45, 2.75) is 45.7 Å². The van der Waals surface area contributed by atoms with Crippen molar-refractivity contribution in [1.29, 1.82) is 0 Å². The van der Waals surface area contributed by atoms with Crippen LogP contribution in [-0.2, 0) is 42.6 Å². The fraction of sp³-hybridized carbons (Fsp3) is 0.244. The number of hydrogen-bond acceptors (Lipinski definition) is 5. The summed E-state index contributed by atoms with van der Waals surface area (Å²) in [5.74, 6) is 1.66. The molecule has 0 N–H and O–H groups in total. The predicted molar refractivity (Wildman–Crippen MR) is 201 cm³/mol. The highest BCUT2D eigenvalue weighted by molar-refractivity contribution is 9.10. The zero-order valence-corrected chi connectivity index (χ0v) is 30.3. The molecule has 3 heterocycles. The van der Waals surface area contributed by atoms with Gasteiger partial charge in [0.2, 0.25) is 11.8 Å². The Balaban J connectivity index is 0.000000182. The molecule has 2 aliphatic heterocycles. The molecule has 0 bridgehead atoms. The highest BCUT2D eigenvalue weighted by atomic mass is 79.9. The maximum atomic E-state index is 12.7. The van der Waals surface area contributed by atoms with Crippen molar-refractivity contribution < 1.29 is 19.1 Å². The Morgan fingerprint density at radius 3 is 1.64 bits per heavy atom. The number of amides is 2. The minimum absolute atomic E-state index is 0.00157. The number of anilines is 2. The number of nitrogens with zero attached hydrogens (tertiary/aromatic N) is 3. The summed E-state index contributed by atoms with van der Waals surface area (Å²) in [5.41, 5.74) is 8.81. The molecule has 2 aliphatic rings. The van der Waals surface area contributed by atoms with E-state index in [1.807, 2.05) is 102 Å². The SMILES string of the molecule is COc1cc(-c2cc(C)c(=O)n(C)c2)cc2c1N(Cc1ccccc1)C(=O)CC2.COc1cc(Br)cc2c1N(Cc1ccccc1)C(=O)CC2. The Bertz CT molecular complexity index is 2040. The van der Waals surface area contributed by atoms with Crippen LogP contribution in [0.2, 0.25) is 0 Å². The molecular weight excluding hydrogens is 694 g/mol. The van der Waals surface area contributed by atoms with Crippen molar-refractivity contribution >= 4 is 39.1 Å². The maximum Gasteiger partial charge on any atom is 0.253 e. The molecule has 8 nitrogen and oxygen atoms in total. The molecule has 2 amide bonds. The van der Waals surface area contributed by atoms with Crippen LogP contribution >= 0.6 is 15.9 Å². The van der Waals surface area contributed by atoms with Crippen molar-refractivity contribution in [3.8, 4) is 22.6 Å². The molecule has 0 saturated carbocycles.